The van der Waals surface area contributed by atoms with E-state index in [2.05, 4.69) is 82.7 Å². The summed E-state index contributed by atoms with van der Waals surface area (Å²) in [5, 5.41) is 2.54. The van der Waals surface area contributed by atoms with Gasteiger partial charge in [-0.3, -0.25) is 0 Å². The van der Waals surface area contributed by atoms with Crippen LogP contribution in [0.4, 0.5) is 0 Å². The first-order valence-electron chi connectivity index (χ1n) is 8.07. The quantitative estimate of drug-likeness (QED) is 0.340. The highest BCUT2D eigenvalue weighted by molar-refractivity contribution is 9.10. The molecule has 5 rings (SSSR count). The SMILES string of the molecule is Brc1cccc(-c2nc3c(c4ccccc24)Cc2ccccc2-3)c1. The molecule has 1 aliphatic rings. The summed E-state index contributed by atoms with van der Waals surface area (Å²) in [5.74, 6) is 0. The van der Waals surface area contributed by atoms with E-state index >= 15 is 0 Å². The highest BCUT2D eigenvalue weighted by atomic mass is 79.9. The molecule has 24 heavy (non-hydrogen) atoms. The maximum absolute atomic E-state index is 5.11. The summed E-state index contributed by atoms with van der Waals surface area (Å²) in [4.78, 5) is 5.11. The number of hydrogen-bond donors (Lipinski definition) is 0. The van der Waals surface area contributed by atoms with Gasteiger partial charge in [0.05, 0.1) is 11.4 Å². The standard InChI is InChI=1S/C22H14BrN/c23-16-8-5-7-15(12-16)21-19-11-4-3-10-18(19)20-13-14-6-1-2-9-17(14)22(20)24-21/h1-12H,13H2. The molecular formula is C22H14BrN. The molecule has 0 unspecified atom stereocenters. The Balaban J connectivity index is 1.88. The Hall–Kier alpha value is -2.45. The van der Waals surface area contributed by atoms with Crippen molar-refractivity contribution in [1.29, 1.82) is 0 Å². The second kappa shape index (κ2) is 5.29. The van der Waals surface area contributed by atoms with Crippen molar-refractivity contribution in [3.63, 3.8) is 0 Å². The predicted molar refractivity (Wildman–Crippen MR) is 103 cm³/mol. The molecule has 1 heterocycles. The molecule has 1 aromatic heterocycles. The van der Waals surface area contributed by atoms with Gasteiger partial charge in [0.25, 0.3) is 0 Å². The average Bonchev–Trinajstić information content (AvgIpc) is 3.00. The van der Waals surface area contributed by atoms with Crippen LogP contribution in [0.15, 0.2) is 77.3 Å². The van der Waals surface area contributed by atoms with Crippen molar-refractivity contribution in [2.24, 2.45) is 0 Å². The van der Waals surface area contributed by atoms with Crippen molar-refractivity contribution in [1.82, 2.24) is 4.98 Å². The van der Waals surface area contributed by atoms with Crippen molar-refractivity contribution in [3.05, 3.63) is 88.4 Å². The van der Waals surface area contributed by atoms with Crippen LogP contribution in [0.2, 0.25) is 0 Å². The first kappa shape index (κ1) is 13.9. The van der Waals surface area contributed by atoms with Crippen LogP contribution in [0, 0.1) is 0 Å². The lowest BCUT2D eigenvalue weighted by Crippen LogP contribution is -1.93. The molecule has 0 atom stereocenters. The molecule has 0 aliphatic heterocycles. The van der Waals surface area contributed by atoms with Crippen LogP contribution < -0.4 is 0 Å². The zero-order valence-electron chi connectivity index (χ0n) is 13.0. The van der Waals surface area contributed by atoms with Gasteiger partial charge in [-0.2, -0.15) is 0 Å². The molecule has 0 radical (unpaired) electrons. The van der Waals surface area contributed by atoms with Crippen molar-refractivity contribution in [2.45, 2.75) is 6.42 Å². The van der Waals surface area contributed by atoms with Gasteiger partial charge in [0, 0.05) is 27.4 Å². The molecule has 3 aromatic carbocycles. The van der Waals surface area contributed by atoms with E-state index in [9.17, 15) is 0 Å². The second-order valence-corrected chi connectivity index (χ2v) is 7.09. The van der Waals surface area contributed by atoms with Gasteiger partial charge in [-0.1, -0.05) is 76.6 Å². The fourth-order valence-corrected chi connectivity index (χ4v) is 4.07. The smallest absolute Gasteiger partial charge is 0.0788 e. The Labute approximate surface area is 149 Å². The van der Waals surface area contributed by atoms with Crippen LogP contribution >= 0.6 is 15.9 Å². The topological polar surface area (TPSA) is 12.9 Å². The van der Waals surface area contributed by atoms with Gasteiger partial charge in [-0.25, -0.2) is 4.98 Å². The van der Waals surface area contributed by atoms with Crippen LogP contribution in [0.25, 0.3) is 33.3 Å². The Morgan fingerprint density at radius 2 is 1.54 bits per heavy atom. The van der Waals surface area contributed by atoms with E-state index < -0.39 is 0 Å². The van der Waals surface area contributed by atoms with Gasteiger partial charge in [0.15, 0.2) is 0 Å². The lowest BCUT2D eigenvalue weighted by Gasteiger charge is -2.11. The second-order valence-electron chi connectivity index (χ2n) is 6.18. The zero-order valence-corrected chi connectivity index (χ0v) is 14.5. The largest absolute Gasteiger partial charge is 0.247 e. The summed E-state index contributed by atoms with van der Waals surface area (Å²) in [6.45, 7) is 0. The molecule has 0 fully saturated rings. The van der Waals surface area contributed by atoms with Crippen molar-refractivity contribution >= 4 is 26.7 Å². The van der Waals surface area contributed by atoms with Crippen LogP contribution in [-0.4, -0.2) is 4.98 Å². The van der Waals surface area contributed by atoms with Gasteiger partial charge >= 0.3 is 0 Å². The Bertz CT molecular complexity index is 1100. The highest BCUT2D eigenvalue weighted by Crippen LogP contribution is 2.42. The Morgan fingerprint density at radius 3 is 2.42 bits per heavy atom. The summed E-state index contributed by atoms with van der Waals surface area (Å²) in [5.41, 5.74) is 7.34. The van der Waals surface area contributed by atoms with Gasteiger partial charge in [0.1, 0.15) is 0 Å². The molecule has 0 amide bonds. The van der Waals surface area contributed by atoms with Crippen LogP contribution in [0.5, 0.6) is 0 Å². The van der Waals surface area contributed by atoms with E-state index in [1.807, 2.05) is 6.07 Å². The predicted octanol–water partition coefficient (Wildman–Crippen LogP) is 6.24. The number of pyridine rings is 1. The Kier molecular flexibility index (Phi) is 3.07. The average molecular weight is 372 g/mol. The molecule has 0 saturated carbocycles. The number of aromatic nitrogens is 1. The third-order valence-corrected chi connectivity index (χ3v) is 5.25. The molecule has 1 aliphatic carbocycles. The van der Waals surface area contributed by atoms with Crippen molar-refractivity contribution < 1.29 is 0 Å². The molecule has 0 spiro atoms. The summed E-state index contributed by atoms with van der Waals surface area (Å²) in [6, 6.07) is 25.6. The van der Waals surface area contributed by atoms with E-state index in [0.717, 1.165) is 27.8 Å². The minimum absolute atomic E-state index is 0.970. The van der Waals surface area contributed by atoms with Crippen molar-refractivity contribution in [3.8, 4) is 22.5 Å². The summed E-state index contributed by atoms with van der Waals surface area (Å²) in [7, 11) is 0. The van der Waals surface area contributed by atoms with E-state index in [1.54, 1.807) is 0 Å². The van der Waals surface area contributed by atoms with Gasteiger partial charge < -0.3 is 0 Å². The number of benzene rings is 3. The minimum Gasteiger partial charge on any atom is -0.247 e. The van der Waals surface area contributed by atoms with E-state index in [-0.39, 0.29) is 0 Å². The molecule has 0 N–H and O–H groups in total. The van der Waals surface area contributed by atoms with Gasteiger partial charge in [-0.15, -0.1) is 0 Å². The third kappa shape index (κ3) is 2.03. The molecule has 1 nitrogen and oxygen atoms in total. The van der Waals surface area contributed by atoms with E-state index in [0.29, 0.717) is 0 Å². The highest BCUT2D eigenvalue weighted by Gasteiger charge is 2.23. The summed E-state index contributed by atoms with van der Waals surface area (Å²) < 4.78 is 1.08. The van der Waals surface area contributed by atoms with Crippen LogP contribution in [0.1, 0.15) is 11.1 Å². The lowest BCUT2D eigenvalue weighted by atomic mass is 9.98. The third-order valence-electron chi connectivity index (χ3n) is 4.75. The molecule has 2 heteroatoms. The first-order chi connectivity index (χ1) is 11.8. The number of halogens is 1. The fraction of sp³-hybridized carbons (Fsp3) is 0.0455. The summed E-state index contributed by atoms with van der Waals surface area (Å²) >= 11 is 3.58. The molecule has 0 saturated heterocycles. The monoisotopic (exact) mass is 371 g/mol. The van der Waals surface area contributed by atoms with Crippen molar-refractivity contribution in [2.75, 3.05) is 0 Å². The lowest BCUT2D eigenvalue weighted by molar-refractivity contribution is 1.26. The molecular weight excluding hydrogens is 358 g/mol. The zero-order chi connectivity index (χ0) is 16.1. The number of fused-ring (bicyclic) bond motifs is 5. The maximum atomic E-state index is 5.11. The van der Waals surface area contributed by atoms with Crippen LogP contribution in [-0.2, 0) is 6.42 Å². The molecule has 0 bridgehead atoms. The number of rotatable bonds is 1. The molecule has 4 aromatic rings. The normalized spacial score (nSPS) is 12.2. The number of hydrogen-bond acceptors (Lipinski definition) is 1. The maximum Gasteiger partial charge on any atom is 0.0788 e. The van der Waals surface area contributed by atoms with E-state index in [1.165, 1.54) is 27.5 Å². The summed E-state index contributed by atoms with van der Waals surface area (Å²) in [6.07, 6.45) is 0.970. The van der Waals surface area contributed by atoms with Gasteiger partial charge in [-0.05, 0) is 28.6 Å². The van der Waals surface area contributed by atoms with E-state index in [4.69, 9.17) is 4.98 Å². The first-order valence-corrected chi connectivity index (χ1v) is 8.86. The van der Waals surface area contributed by atoms with Crippen LogP contribution in [0.3, 0.4) is 0 Å². The Morgan fingerprint density at radius 1 is 0.750 bits per heavy atom. The molecule has 114 valence electrons. The fourth-order valence-electron chi connectivity index (χ4n) is 3.67. The minimum atomic E-state index is 0.970. The number of nitrogens with zero attached hydrogens (tertiary/aromatic N) is 1. The van der Waals surface area contributed by atoms with Gasteiger partial charge in [0.2, 0.25) is 0 Å².